The number of nitrogens with two attached hydrogens (primary N) is 1. The molecule has 0 unspecified atom stereocenters. The maximum absolute atomic E-state index is 8.54. The first-order valence-electron chi connectivity index (χ1n) is 5.83. The topological polar surface area (TPSA) is 96.9 Å². The van der Waals surface area contributed by atoms with Crippen molar-refractivity contribution in [2.75, 3.05) is 25.2 Å². The Labute approximate surface area is 105 Å². The monoisotopic (exact) mass is 251 g/mol. The minimum Gasteiger partial charge on any atom is -0.409 e. The van der Waals surface area contributed by atoms with Gasteiger partial charge in [0, 0.05) is 26.3 Å². The van der Waals surface area contributed by atoms with Gasteiger partial charge in [0.05, 0.1) is 12.4 Å². The van der Waals surface area contributed by atoms with Crippen LogP contribution in [0, 0.1) is 0 Å². The van der Waals surface area contributed by atoms with E-state index in [1.165, 1.54) is 6.20 Å². The Balaban J connectivity index is 2.08. The molecule has 2 heterocycles. The second-order valence-corrected chi connectivity index (χ2v) is 4.20. The lowest BCUT2D eigenvalue weighted by Crippen LogP contribution is -2.37. The Hall–Kier alpha value is -1.89. The van der Waals surface area contributed by atoms with E-state index in [0.717, 1.165) is 31.9 Å². The summed E-state index contributed by atoms with van der Waals surface area (Å²) in [6.45, 7) is 1.56. The van der Waals surface area contributed by atoms with Gasteiger partial charge < -0.3 is 20.6 Å². The van der Waals surface area contributed by atoms with Crippen LogP contribution in [0.25, 0.3) is 0 Å². The van der Waals surface area contributed by atoms with E-state index < -0.39 is 0 Å². The van der Waals surface area contributed by atoms with Crippen LogP contribution < -0.4 is 10.6 Å². The third-order valence-electron chi connectivity index (χ3n) is 3.11. The van der Waals surface area contributed by atoms with Crippen LogP contribution in [0.4, 0.5) is 5.82 Å². The number of aromatic nitrogens is 2. The summed E-state index contributed by atoms with van der Waals surface area (Å²) in [5, 5.41) is 11.4. The molecule has 0 bridgehead atoms. The van der Waals surface area contributed by atoms with E-state index in [1.54, 1.807) is 6.20 Å². The Kier molecular flexibility index (Phi) is 3.93. The van der Waals surface area contributed by atoms with E-state index in [4.69, 9.17) is 15.7 Å². The van der Waals surface area contributed by atoms with Crippen LogP contribution in [-0.2, 0) is 4.74 Å². The molecular weight excluding hydrogens is 234 g/mol. The maximum atomic E-state index is 8.54. The highest BCUT2D eigenvalue weighted by atomic mass is 16.5. The molecule has 1 aliphatic heterocycles. The molecule has 1 fully saturated rings. The summed E-state index contributed by atoms with van der Waals surface area (Å²) in [6, 6.07) is 0.419. The molecule has 0 amide bonds. The number of amidine groups is 1. The molecule has 2 rings (SSSR count). The Morgan fingerprint density at radius 1 is 1.44 bits per heavy atom. The van der Waals surface area contributed by atoms with E-state index >= 15 is 0 Å². The summed E-state index contributed by atoms with van der Waals surface area (Å²) in [6.07, 6.45) is 5.10. The standard InChI is InChI=1S/C11H17N5O2/c1-16(8-2-4-18-5-3-8)10-7-13-9(6-14-10)11(12)15-17/h6-8,17H,2-5H2,1H3,(H2,12,15). The van der Waals surface area contributed by atoms with Crippen molar-refractivity contribution in [1.29, 1.82) is 0 Å². The molecule has 0 radical (unpaired) electrons. The van der Waals surface area contributed by atoms with Gasteiger partial charge in [-0.2, -0.15) is 0 Å². The van der Waals surface area contributed by atoms with Crippen LogP contribution in [0.2, 0.25) is 0 Å². The highest BCUT2D eigenvalue weighted by Crippen LogP contribution is 2.18. The SMILES string of the molecule is CN(c1cnc(C(N)=NO)cn1)C1CCOCC1. The fourth-order valence-electron chi connectivity index (χ4n) is 1.95. The van der Waals surface area contributed by atoms with Gasteiger partial charge in [0.15, 0.2) is 5.84 Å². The van der Waals surface area contributed by atoms with Crippen molar-refractivity contribution < 1.29 is 9.94 Å². The Morgan fingerprint density at radius 2 is 2.17 bits per heavy atom. The Morgan fingerprint density at radius 3 is 2.72 bits per heavy atom. The third kappa shape index (κ3) is 2.67. The fourth-order valence-corrected chi connectivity index (χ4v) is 1.95. The van der Waals surface area contributed by atoms with E-state index in [9.17, 15) is 0 Å². The molecular formula is C11H17N5O2. The second-order valence-electron chi connectivity index (χ2n) is 4.20. The van der Waals surface area contributed by atoms with Crippen LogP contribution in [0.3, 0.4) is 0 Å². The molecule has 0 spiro atoms. The number of nitrogens with zero attached hydrogens (tertiary/aromatic N) is 4. The van der Waals surface area contributed by atoms with Crippen LogP contribution >= 0.6 is 0 Å². The number of rotatable bonds is 3. The fraction of sp³-hybridized carbons (Fsp3) is 0.545. The molecule has 1 aromatic heterocycles. The summed E-state index contributed by atoms with van der Waals surface area (Å²) in [4.78, 5) is 10.5. The highest BCUT2D eigenvalue weighted by molar-refractivity contribution is 5.94. The lowest BCUT2D eigenvalue weighted by atomic mass is 10.1. The van der Waals surface area contributed by atoms with Gasteiger partial charge in [-0.1, -0.05) is 5.16 Å². The summed E-state index contributed by atoms with van der Waals surface area (Å²) in [5.74, 6) is 0.735. The van der Waals surface area contributed by atoms with E-state index in [0.29, 0.717) is 11.7 Å². The minimum atomic E-state index is -0.0391. The average molecular weight is 251 g/mol. The van der Waals surface area contributed by atoms with Crippen molar-refractivity contribution in [2.45, 2.75) is 18.9 Å². The zero-order valence-corrected chi connectivity index (χ0v) is 10.3. The van der Waals surface area contributed by atoms with Gasteiger partial charge in [0.1, 0.15) is 11.5 Å². The zero-order valence-electron chi connectivity index (χ0n) is 10.3. The van der Waals surface area contributed by atoms with Gasteiger partial charge in [-0.3, -0.25) is 0 Å². The van der Waals surface area contributed by atoms with Gasteiger partial charge in [-0.05, 0) is 12.8 Å². The Bertz CT molecular complexity index is 414. The number of hydrogen-bond acceptors (Lipinski definition) is 6. The van der Waals surface area contributed by atoms with Crippen LogP contribution in [0.1, 0.15) is 18.5 Å². The van der Waals surface area contributed by atoms with Crippen molar-refractivity contribution in [3.8, 4) is 0 Å². The summed E-state index contributed by atoms with van der Waals surface area (Å²) >= 11 is 0. The van der Waals surface area contributed by atoms with Gasteiger partial charge in [0.25, 0.3) is 0 Å². The summed E-state index contributed by atoms with van der Waals surface area (Å²) in [7, 11) is 1.99. The predicted molar refractivity (Wildman–Crippen MR) is 66.8 cm³/mol. The summed E-state index contributed by atoms with van der Waals surface area (Å²) in [5.41, 5.74) is 5.79. The van der Waals surface area contributed by atoms with E-state index in [2.05, 4.69) is 20.0 Å². The molecule has 18 heavy (non-hydrogen) atoms. The van der Waals surface area contributed by atoms with Crippen molar-refractivity contribution in [1.82, 2.24) is 9.97 Å². The maximum Gasteiger partial charge on any atom is 0.190 e. The molecule has 1 aromatic rings. The quantitative estimate of drug-likeness (QED) is 0.344. The van der Waals surface area contributed by atoms with Gasteiger partial charge in [-0.25, -0.2) is 9.97 Å². The van der Waals surface area contributed by atoms with Gasteiger partial charge in [0.2, 0.25) is 0 Å². The average Bonchev–Trinajstić information content (AvgIpc) is 2.47. The molecule has 0 aromatic carbocycles. The first kappa shape index (κ1) is 12.6. The molecule has 1 aliphatic rings. The van der Waals surface area contributed by atoms with Crippen molar-refractivity contribution >= 4 is 11.7 Å². The molecule has 98 valence electrons. The van der Waals surface area contributed by atoms with E-state index in [1.807, 2.05) is 7.05 Å². The summed E-state index contributed by atoms with van der Waals surface area (Å²) < 4.78 is 5.33. The van der Waals surface area contributed by atoms with Gasteiger partial charge in [-0.15, -0.1) is 0 Å². The number of ether oxygens (including phenoxy) is 1. The third-order valence-corrected chi connectivity index (χ3v) is 3.11. The van der Waals surface area contributed by atoms with Crippen molar-refractivity contribution in [3.05, 3.63) is 18.1 Å². The lowest BCUT2D eigenvalue weighted by molar-refractivity contribution is 0.0853. The van der Waals surface area contributed by atoms with E-state index in [-0.39, 0.29) is 5.84 Å². The van der Waals surface area contributed by atoms with Crippen LogP contribution in [-0.4, -0.2) is 47.3 Å². The largest absolute Gasteiger partial charge is 0.409 e. The smallest absolute Gasteiger partial charge is 0.190 e. The molecule has 0 atom stereocenters. The molecule has 1 saturated heterocycles. The number of hydrogen-bond donors (Lipinski definition) is 2. The molecule has 0 saturated carbocycles. The first-order valence-corrected chi connectivity index (χ1v) is 5.83. The van der Waals surface area contributed by atoms with Crippen molar-refractivity contribution in [2.24, 2.45) is 10.9 Å². The molecule has 7 nitrogen and oxygen atoms in total. The van der Waals surface area contributed by atoms with Crippen LogP contribution in [0.5, 0.6) is 0 Å². The predicted octanol–water partition coefficient (Wildman–Crippen LogP) is 0.186. The van der Waals surface area contributed by atoms with Gasteiger partial charge >= 0.3 is 0 Å². The zero-order chi connectivity index (χ0) is 13.0. The normalized spacial score (nSPS) is 17.7. The van der Waals surface area contributed by atoms with Crippen molar-refractivity contribution in [3.63, 3.8) is 0 Å². The number of anilines is 1. The minimum absolute atomic E-state index is 0.0391. The first-order chi connectivity index (χ1) is 8.72. The molecule has 0 aliphatic carbocycles. The lowest BCUT2D eigenvalue weighted by Gasteiger charge is -2.31. The molecule has 3 N–H and O–H groups in total. The van der Waals surface area contributed by atoms with Crippen LogP contribution in [0.15, 0.2) is 17.5 Å². The number of oxime groups is 1. The second kappa shape index (κ2) is 5.63. The highest BCUT2D eigenvalue weighted by Gasteiger charge is 2.19. The molecule has 7 heteroatoms.